The van der Waals surface area contributed by atoms with Gasteiger partial charge < -0.3 is 5.73 Å². The summed E-state index contributed by atoms with van der Waals surface area (Å²) in [6, 6.07) is 0. The second-order valence-electron chi connectivity index (χ2n) is 5.34. The first kappa shape index (κ1) is 10.6. The van der Waals surface area contributed by atoms with Gasteiger partial charge in [0.25, 0.3) is 0 Å². The molecule has 2 N–H and O–H groups in total. The maximum atomic E-state index is 5.76. The topological polar surface area (TPSA) is 56.7 Å². The highest BCUT2D eigenvalue weighted by molar-refractivity contribution is 5.08. The Morgan fingerprint density at radius 2 is 2.20 bits per heavy atom. The van der Waals surface area contributed by atoms with Crippen molar-refractivity contribution < 1.29 is 0 Å². The van der Waals surface area contributed by atoms with Gasteiger partial charge >= 0.3 is 0 Å². The van der Waals surface area contributed by atoms with Crippen LogP contribution in [0.1, 0.15) is 51.2 Å². The Morgan fingerprint density at radius 1 is 1.47 bits per heavy atom. The fraction of sp³-hybridized carbons (Fsp3) is 0.818. The summed E-state index contributed by atoms with van der Waals surface area (Å²) in [6.45, 7) is 8.11. The van der Waals surface area contributed by atoms with E-state index in [1.165, 1.54) is 6.42 Å². The van der Waals surface area contributed by atoms with Gasteiger partial charge in [0.05, 0.1) is 0 Å². The van der Waals surface area contributed by atoms with Crippen LogP contribution in [0, 0.1) is 0 Å². The zero-order chi connectivity index (χ0) is 11.1. The third-order valence-electron chi connectivity index (χ3n) is 2.94. The highest BCUT2D eigenvalue weighted by Crippen LogP contribution is 2.27. The number of rotatable bonds is 1. The zero-order valence-corrected chi connectivity index (χ0v) is 9.82. The Labute approximate surface area is 90.9 Å². The second-order valence-corrected chi connectivity index (χ2v) is 5.34. The number of hydrogen-bond acceptors (Lipinski definition) is 3. The predicted octanol–water partition coefficient (Wildman–Crippen LogP) is 1.41. The molecule has 2 heterocycles. The molecular formula is C11H20N4. The standard InChI is InChI=1S/C11H20N4/c1-11(2,3)10-13-9-8(7-12)5-4-6-15(9)14-10/h8H,4-7,12H2,1-3H3. The van der Waals surface area contributed by atoms with E-state index in [4.69, 9.17) is 5.73 Å². The Morgan fingerprint density at radius 3 is 2.80 bits per heavy atom. The number of fused-ring (bicyclic) bond motifs is 1. The van der Waals surface area contributed by atoms with Crippen molar-refractivity contribution in [1.82, 2.24) is 14.8 Å². The van der Waals surface area contributed by atoms with Gasteiger partial charge in [-0.05, 0) is 12.8 Å². The van der Waals surface area contributed by atoms with Crippen molar-refractivity contribution >= 4 is 0 Å². The molecule has 0 radical (unpaired) electrons. The quantitative estimate of drug-likeness (QED) is 0.759. The molecule has 0 aliphatic carbocycles. The first-order valence-corrected chi connectivity index (χ1v) is 5.67. The fourth-order valence-corrected chi connectivity index (χ4v) is 1.98. The highest BCUT2D eigenvalue weighted by Gasteiger charge is 2.27. The molecule has 0 saturated heterocycles. The lowest BCUT2D eigenvalue weighted by Gasteiger charge is -2.19. The van der Waals surface area contributed by atoms with Crippen LogP contribution in [-0.4, -0.2) is 21.3 Å². The molecule has 0 bridgehead atoms. The van der Waals surface area contributed by atoms with Crippen LogP contribution in [-0.2, 0) is 12.0 Å². The number of nitrogens with zero attached hydrogens (tertiary/aromatic N) is 3. The van der Waals surface area contributed by atoms with E-state index in [0.717, 1.165) is 24.6 Å². The van der Waals surface area contributed by atoms with Gasteiger partial charge in [0.2, 0.25) is 0 Å². The van der Waals surface area contributed by atoms with Crippen LogP contribution < -0.4 is 5.73 Å². The summed E-state index contributed by atoms with van der Waals surface area (Å²) < 4.78 is 2.04. The van der Waals surface area contributed by atoms with E-state index in [0.29, 0.717) is 12.5 Å². The minimum Gasteiger partial charge on any atom is -0.330 e. The molecule has 1 aromatic rings. The van der Waals surface area contributed by atoms with Crippen molar-refractivity contribution in [2.24, 2.45) is 5.73 Å². The molecule has 0 aromatic carbocycles. The minimum atomic E-state index is 0.0312. The molecule has 1 aliphatic rings. The van der Waals surface area contributed by atoms with Gasteiger partial charge in [-0.2, -0.15) is 5.10 Å². The van der Waals surface area contributed by atoms with Crippen molar-refractivity contribution in [1.29, 1.82) is 0 Å². The molecule has 1 unspecified atom stereocenters. The smallest absolute Gasteiger partial charge is 0.156 e. The lowest BCUT2D eigenvalue weighted by atomic mass is 9.96. The predicted molar refractivity (Wildman–Crippen MR) is 59.8 cm³/mol. The summed E-state index contributed by atoms with van der Waals surface area (Å²) in [6.07, 6.45) is 2.32. The molecule has 0 spiro atoms. The summed E-state index contributed by atoms with van der Waals surface area (Å²) >= 11 is 0. The van der Waals surface area contributed by atoms with Gasteiger partial charge in [-0.1, -0.05) is 20.8 Å². The van der Waals surface area contributed by atoms with Crippen LogP contribution in [0.2, 0.25) is 0 Å². The van der Waals surface area contributed by atoms with Crippen molar-refractivity contribution in [3.05, 3.63) is 11.6 Å². The number of nitrogens with two attached hydrogens (primary N) is 1. The normalized spacial score (nSPS) is 21.5. The van der Waals surface area contributed by atoms with Crippen LogP contribution in [0.5, 0.6) is 0 Å². The van der Waals surface area contributed by atoms with E-state index in [1.807, 2.05) is 4.68 Å². The van der Waals surface area contributed by atoms with Crippen LogP contribution in [0.25, 0.3) is 0 Å². The van der Waals surface area contributed by atoms with Crippen LogP contribution in [0.3, 0.4) is 0 Å². The summed E-state index contributed by atoms with van der Waals surface area (Å²) in [5, 5.41) is 4.57. The molecule has 4 nitrogen and oxygen atoms in total. The van der Waals surface area contributed by atoms with Crippen LogP contribution >= 0.6 is 0 Å². The number of hydrogen-bond donors (Lipinski definition) is 1. The molecule has 1 atom stereocenters. The molecule has 15 heavy (non-hydrogen) atoms. The van der Waals surface area contributed by atoms with Crippen LogP contribution in [0.4, 0.5) is 0 Å². The van der Waals surface area contributed by atoms with E-state index in [1.54, 1.807) is 0 Å². The Balaban J connectivity index is 2.37. The molecule has 0 fully saturated rings. The average Bonchev–Trinajstić information content (AvgIpc) is 2.59. The molecule has 84 valence electrons. The molecular weight excluding hydrogens is 188 g/mol. The third-order valence-corrected chi connectivity index (χ3v) is 2.94. The van der Waals surface area contributed by atoms with E-state index >= 15 is 0 Å². The molecule has 4 heteroatoms. The first-order chi connectivity index (χ1) is 7.02. The van der Waals surface area contributed by atoms with Gasteiger partial charge in [0.15, 0.2) is 5.82 Å². The van der Waals surface area contributed by atoms with Gasteiger partial charge in [-0.3, -0.25) is 0 Å². The average molecular weight is 208 g/mol. The fourth-order valence-electron chi connectivity index (χ4n) is 1.98. The van der Waals surface area contributed by atoms with E-state index in [-0.39, 0.29) is 5.41 Å². The van der Waals surface area contributed by atoms with E-state index in [2.05, 4.69) is 30.9 Å². The van der Waals surface area contributed by atoms with Crippen molar-refractivity contribution in [2.75, 3.05) is 6.54 Å². The largest absolute Gasteiger partial charge is 0.330 e. The monoisotopic (exact) mass is 208 g/mol. The third kappa shape index (κ3) is 1.91. The summed E-state index contributed by atoms with van der Waals surface area (Å²) in [4.78, 5) is 4.65. The highest BCUT2D eigenvalue weighted by atomic mass is 15.4. The van der Waals surface area contributed by atoms with Crippen LogP contribution in [0.15, 0.2) is 0 Å². The van der Waals surface area contributed by atoms with E-state index in [9.17, 15) is 0 Å². The van der Waals surface area contributed by atoms with Gasteiger partial charge in [0, 0.05) is 24.4 Å². The summed E-state index contributed by atoms with van der Waals surface area (Å²) in [5.41, 5.74) is 5.79. The number of aryl methyl sites for hydroxylation is 1. The van der Waals surface area contributed by atoms with Gasteiger partial charge in [0.1, 0.15) is 5.82 Å². The molecule has 0 saturated carbocycles. The Bertz CT molecular complexity index is 348. The first-order valence-electron chi connectivity index (χ1n) is 5.67. The molecule has 0 amide bonds. The lowest BCUT2D eigenvalue weighted by molar-refractivity contribution is 0.417. The van der Waals surface area contributed by atoms with Crippen molar-refractivity contribution in [2.45, 2.75) is 51.5 Å². The van der Waals surface area contributed by atoms with Gasteiger partial charge in [-0.25, -0.2) is 9.67 Å². The second kappa shape index (κ2) is 3.59. The molecule has 1 aromatic heterocycles. The Hall–Kier alpha value is -0.900. The van der Waals surface area contributed by atoms with E-state index < -0.39 is 0 Å². The minimum absolute atomic E-state index is 0.0312. The maximum Gasteiger partial charge on any atom is 0.156 e. The molecule has 1 aliphatic heterocycles. The number of aromatic nitrogens is 3. The SMILES string of the molecule is CC(C)(C)c1nc2n(n1)CCCC2CN. The van der Waals surface area contributed by atoms with Gasteiger partial charge in [-0.15, -0.1) is 0 Å². The maximum absolute atomic E-state index is 5.76. The molecule has 2 rings (SSSR count). The van der Waals surface area contributed by atoms with Crippen molar-refractivity contribution in [3.63, 3.8) is 0 Å². The summed E-state index contributed by atoms with van der Waals surface area (Å²) in [5.74, 6) is 2.44. The summed E-state index contributed by atoms with van der Waals surface area (Å²) in [7, 11) is 0. The lowest BCUT2D eigenvalue weighted by Crippen LogP contribution is -2.22. The Kier molecular flexibility index (Phi) is 2.54. The van der Waals surface area contributed by atoms with Crippen molar-refractivity contribution in [3.8, 4) is 0 Å². The zero-order valence-electron chi connectivity index (χ0n) is 9.82.